The van der Waals surface area contributed by atoms with Gasteiger partial charge in [-0.05, 0) is 52.6 Å². The molecule has 0 atom stereocenters. The van der Waals surface area contributed by atoms with Crippen LogP contribution in [-0.2, 0) is 14.6 Å². The van der Waals surface area contributed by atoms with Crippen LogP contribution in [0.2, 0.25) is 0 Å². The average molecular weight is 291 g/mol. The van der Waals surface area contributed by atoms with E-state index in [9.17, 15) is 13.2 Å². The summed E-state index contributed by atoms with van der Waals surface area (Å²) in [6.07, 6.45) is 1.93. The molecular weight excluding hydrogens is 266 g/mol. The lowest BCUT2D eigenvalue weighted by molar-refractivity contribution is -0.138. The summed E-state index contributed by atoms with van der Waals surface area (Å²) >= 11 is 0. The third kappa shape index (κ3) is 5.10. The van der Waals surface area contributed by atoms with Gasteiger partial charge in [0.1, 0.15) is 0 Å². The molecule has 1 saturated heterocycles. The number of piperidine rings is 1. The zero-order valence-electron chi connectivity index (χ0n) is 12.1. The van der Waals surface area contributed by atoms with Gasteiger partial charge >= 0.3 is 5.97 Å². The summed E-state index contributed by atoms with van der Waals surface area (Å²) in [5.41, 5.74) is 0. The average Bonchev–Trinajstić information content (AvgIpc) is 2.26. The molecule has 1 heterocycles. The molecule has 0 aliphatic carbocycles. The molecule has 19 heavy (non-hydrogen) atoms. The van der Waals surface area contributed by atoms with Crippen LogP contribution in [0.15, 0.2) is 0 Å². The van der Waals surface area contributed by atoms with Gasteiger partial charge in [-0.3, -0.25) is 4.79 Å². The zero-order chi connectivity index (χ0) is 14.7. The van der Waals surface area contributed by atoms with Gasteiger partial charge in [0.2, 0.25) is 0 Å². The Hall–Kier alpha value is -0.620. The number of carbonyl (C=O) groups is 1. The Labute approximate surface area is 115 Å². The molecule has 1 fully saturated rings. The number of likely N-dealkylation sites (tertiary alicyclic amines) is 1. The van der Waals surface area contributed by atoms with Crippen molar-refractivity contribution in [2.45, 2.75) is 44.8 Å². The number of nitrogens with zero attached hydrogens (tertiary/aromatic N) is 1. The molecule has 112 valence electrons. The van der Waals surface area contributed by atoms with Gasteiger partial charge in [-0.15, -0.1) is 0 Å². The zero-order valence-corrected chi connectivity index (χ0v) is 12.9. The maximum absolute atomic E-state index is 12.0. The van der Waals surface area contributed by atoms with Crippen molar-refractivity contribution in [3.63, 3.8) is 0 Å². The first-order valence-corrected chi connectivity index (χ1v) is 8.43. The minimum Gasteiger partial charge on any atom is -0.481 e. The van der Waals surface area contributed by atoms with Gasteiger partial charge < -0.3 is 10.0 Å². The molecule has 6 heteroatoms. The third-order valence-corrected chi connectivity index (χ3v) is 6.37. The molecule has 0 spiro atoms. The van der Waals surface area contributed by atoms with E-state index in [-0.39, 0.29) is 18.1 Å². The van der Waals surface area contributed by atoms with Crippen LogP contribution in [0.4, 0.5) is 0 Å². The molecule has 0 aromatic rings. The largest absolute Gasteiger partial charge is 0.481 e. The molecule has 0 aromatic carbocycles. The molecular formula is C13H25NO4S. The molecule has 0 aromatic heterocycles. The molecule has 0 saturated carbocycles. The topological polar surface area (TPSA) is 74.7 Å². The smallest absolute Gasteiger partial charge is 0.303 e. The molecule has 1 aliphatic heterocycles. The van der Waals surface area contributed by atoms with Crippen LogP contribution in [0.25, 0.3) is 0 Å². The highest BCUT2D eigenvalue weighted by Crippen LogP contribution is 2.21. The Morgan fingerprint density at radius 1 is 1.26 bits per heavy atom. The van der Waals surface area contributed by atoms with Crippen LogP contribution in [0.3, 0.4) is 0 Å². The van der Waals surface area contributed by atoms with E-state index in [4.69, 9.17) is 5.11 Å². The van der Waals surface area contributed by atoms with Gasteiger partial charge in [0.15, 0.2) is 9.84 Å². The highest BCUT2D eigenvalue weighted by molar-refractivity contribution is 7.92. The molecule has 5 nitrogen and oxygen atoms in total. The van der Waals surface area contributed by atoms with E-state index in [0.29, 0.717) is 6.54 Å². The molecule has 1 aliphatic rings. The molecule has 1 N–H and O–H groups in total. The number of carboxylic acids is 1. The van der Waals surface area contributed by atoms with Crippen LogP contribution in [0.1, 0.15) is 40.0 Å². The normalized spacial score (nSPS) is 19.5. The lowest BCUT2D eigenvalue weighted by atomic mass is 9.94. The van der Waals surface area contributed by atoms with Gasteiger partial charge in [-0.25, -0.2) is 8.42 Å². The Balaban J connectivity index is 2.36. The lowest BCUT2D eigenvalue weighted by Gasteiger charge is -2.32. The molecule has 0 bridgehead atoms. The Morgan fingerprint density at radius 2 is 1.79 bits per heavy atom. The maximum Gasteiger partial charge on any atom is 0.303 e. The summed E-state index contributed by atoms with van der Waals surface area (Å²) < 4.78 is 23.3. The first-order chi connectivity index (χ1) is 8.62. The van der Waals surface area contributed by atoms with E-state index in [1.165, 1.54) is 0 Å². The van der Waals surface area contributed by atoms with E-state index in [1.54, 1.807) is 20.8 Å². The summed E-state index contributed by atoms with van der Waals surface area (Å²) in [7, 11) is -3.07. The SMILES string of the molecule is CC(C)(C)S(=O)(=O)CCN1CCC(CC(=O)O)CC1. The highest BCUT2D eigenvalue weighted by Gasteiger charge is 2.30. The quantitative estimate of drug-likeness (QED) is 0.828. The maximum atomic E-state index is 12.0. The molecule has 0 radical (unpaired) electrons. The van der Waals surface area contributed by atoms with Crippen molar-refractivity contribution >= 4 is 15.8 Å². The first kappa shape index (κ1) is 16.4. The van der Waals surface area contributed by atoms with Crippen LogP contribution >= 0.6 is 0 Å². The number of aliphatic carboxylic acids is 1. The van der Waals surface area contributed by atoms with Gasteiger partial charge in [0, 0.05) is 13.0 Å². The van der Waals surface area contributed by atoms with Crippen LogP contribution in [-0.4, -0.2) is 54.5 Å². The fraction of sp³-hybridized carbons (Fsp3) is 0.923. The van der Waals surface area contributed by atoms with Crippen molar-refractivity contribution in [2.75, 3.05) is 25.4 Å². The molecule has 0 amide bonds. The summed E-state index contributed by atoms with van der Waals surface area (Å²) in [6.45, 7) is 7.33. The predicted molar refractivity (Wildman–Crippen MR) is 75.0 cm³/mol. The Bertz CT molecular complexity index is 403. The standard InChI is InChI=1S/C13H25NO4S/c1-13(2,3)19(17,18)9-8-14-6-4-11(5-7-14)10-12(15)16/h11H,4-10H2,1-3H3,(H,15,16). The van der Waals surface area contributed by atoms with Gasteiger partial charge in [-0.2, -0.15) is 0 Å². The van der Waals surface area contributed by atoms with Crippen molar-refractivity contribution < 1.29 is 18.3 Å². The van der Waals surface area contributed by atoms with Crippen molar-refractivity contribution in [2.24, 2.45) is 5.92 Å². The van der Waals surface area contributed by atoms with Gasteiger partial charge in [0.05, 0.1) is 10.5 Å². The Morgan fingerprint density at radius 3 is 2.21 bits per heavy atom. The second-order valence-electron chi connectivity index (χ2n) is 6.31. The van der Waals surface area contributed by atoms with E-state index in [2.05, 4.69) is 4.90 Å². The Kier molecular flexibility index (Phi) is 5.38. The summed E-state index contributed by atoms with van der Waals surface area (Å²) in [5, 5.41) is 8.74. The molecule has 1 rings (SSSR count). The van der Waals surface area contributed by atoms with E-state index < -0.39 is 20.6 Å². The first-order valence-electron chi connectivity index (χ1n) is 6.78. The number of sulfone groups is 1. The second-order valence-corrected chi connectivity index (χ2v) is 9.18. The number of rotatable bonds is 5. The summed E-state index contributed by atoms with van der Waals surface area (Å²) in [5.74, 6) is -0.318. The van der Waals surface area contributed by atoms with E-state index in [0.717, 1.165) is 25.9 Å². The third-order valence-electron chi connectivity index (χ3n) is 3.78. The molecule has 0 unspecified atom stereocenters. The monoisotopic (exact) mass is 291 g/mol. The van der Waals surface area contributed by atoms with Crippen molar-refractivity contribution in [1.29, 1.82) is 0 Å². The number of hydrogen-bond acceptors (Lipinski definition) is 4. The number of carboxylic acid groups (broad SMARTS) is 1. The highest BCUT2D eigenvalue weighted by atomic mass is 32.2. The number of hydrogen-bond donors (Lipinski definition) is 1. The summed E-state index contributed by atoms with van der Waals surface area (Å²) in [6, 6.07) is 0. The fourth-order valence-corrected chi connectivity index (χ4v) is 3.33. The minimum atomic E-state index is -3.07. The van der Waals surface area contributed by atoms with Crippen LogP contribution in [0, 0.1) is 5.92 Å². The van der Waals surface area contributed by atoms with Gasteiger partial charge in [0.25, 0.3) is 0 Å². The van der Waals surface area contributed by atoms with Crippen LogP contribution in [0.5, 0.6) is 0 Å². The van der Waals surface area contributed by atoms with Crippen molar-refractivity contribution in [3.8, 4) is 0 Å². The lowest BCUT2D eigenvalue weighted by Crippen LogP contribution is -2.40. The van der Waals surface area contributed by atoms with E-state index >= 15 is 0 Å². The fourth-order valence-electron chi connectivity index (χ4n) is 2.22. The van der Waals surface area contributed by atoms with E-state index in [1.807, 2.05) is 0 Å². The summed E-state index contributed by atoms with van der Waals surface area (Å²) in [4.78, 5) is 12.8. The van der Waals surface area contributed by atoms with Crippen molar-refractivity contribution in [1.82, 2.24) is 4.90 Å². The second kappa shape index (κ2) is 6.22. The van der Waals surface area contributed by atoms with Crippen LogP contribution < -0.4 is 0 Å². The minimum absolute atomic E-state index is 0.181. The predicted octanol–water partition coefficient (Wildman–Crippen LogP) is 1.39. The van der Waals surface area contributed by atoms with Crippen molar-refractivity contribution in [3.05, 3.63) is 0 Å². The van der Waals surface area contributed by atoms with Gasteiger partial charge in [-0.1, -0.05) is 0 Å².